The molecule has 3 nitrogen and oxygen atoms in total. The minimum Gasteiger partial charge on any atom is -0.396 e. The summed E-state index contributed by atoms with van der Waals surface area (Å²) in [6.07, 6.45) is 8.14. The Kier molecular flexibility index (Phi) is 5.19. The van der Waals surface area contributed by atoms with Crippen LogP contribution in [0.15, 0.2) is 48.6 Å². The van der Waals surface area contributed by atoms with Gasteiger partial charge in [0.05, 0.1) is 6.61 Å². The summed E-state index contributed by atoms with van der Waals surface area (Å²) in [6.45, 7) is 7.64. The zero-order chi connectivity index (χ0) is 16.2. The Balaban J connectivity index is 2.27. The summed E-state index contributed by atoms with van der Waals surface area (Å²) in [6, 6.07) is 7.79. The van der Waals surface area contributed by atoms with Crippen molar-refractivity contribution in [1.82, 2.24) is 4.90 Å². The number of amides is 1. The zero-order valence-corrected chi connectivity index (χ0v) is 13.6. The predicted octanol–water partition coefficient (Wildman–Crippen LogP) is 3.16. The van der Waals surface area contributed by atoms with Crippen LogP contribution in [0.4, 0.5) is 0 Å². The van der Waals surface area contributed by atoms with Crippen molar-refractivity contribution in [2.24, 2.45) is 5.92 Å². The molecule has 2 rings (SSSR count). The summed E-state index contributed by atoms with van der Waals surface area (Å²) in [4.78, 5) is 14.2. The molecule has 0 saturated carbocycles. The number of nitrogens with zero attached hydrogens (tertiary/aromatic N) is 1. The molecule has 1 aromatic carbocycles. The molecule has 118 valence electrons. The summed E-state index contributed by atoms with van der Waals surface area (Å²) in [5, 5.41) is 9.62. The van der Waals surface area contributed by atoms with Gasteiger partial charge >= 0.3 is 0 Å². The Labute approximate surface area is 133 Å². The first-order valence-electron chi connectivity index (χ1n) is 7.93. The van der Waals surface area contributed by atoms with E-state index in [9.17, 15) is 9.90 Å². The molecule has 2 unspecified atom stereocenters. The minimum atomic E-state index is -0.236. The van der Waals surface area contributed by atoms with Crippen LogP contribution < -0.4 is 0 Å². The average Bonchev–Trinajstić information content (AvgIpc) is 2.56. The number of carbonyl (C=O) groups is 1. The fourth-order valence-corrected chi connectivity index (χ4v) is 3.00. The molecule has 0 fully saturated rings. The topological polar surface area (TPSA) is 40.5 Å². The van der Waals surface area contributed by atoms with E-state index in [2.05, 4.69) is 13.0 Å². The molecular formula is C19H25NO2. The van der Waals surface area contributed by atoms with Crippen molar-refractivity contribution < 1.29 is 9.90 Å². The smallest absolute Gasteiger partial charge is 0.253 e. The minimum absolute atomic E-state index is 0.0573. The lowest BCUT2D eigenvalue weighted by Gasteiger charge is -2.35. The van der Waals surface area contributed by atoms with Gasteiger partial charge in [0, 0.05) is 30.0 Å². The van der Waals surface area contributed by atoms with Crippen molar-refractivity contribution in [2.75, 3.05) is 19.7 Å². The van der Waals surface area contributed by atoms with Gasteiger partial charge in [0.2, 0.25) is 0 Å². The Morgan fingerprint density at radius 3 is 2.36 bits per heavy atom. The van der Waals surface area contributed by atoms with E-state index >= 15 is 0 Å². The fourth-order valence-electron chi connectivity index (χ4n) is 3.00. The van der Waals surface area contributed by atoms with Crippen molar-refractivity contribution in [3.8, 4) is 0 Å². The van der Waals surface area contributed by atoms with E-state index in [4.69, 9.17) is 0 Å². The van der Waals surface area contributed by atoms with Gasteiger partial charge in [-0.05, 0) is 31.5 Å². The molecule has 0 aliphatic heterocycles. The number of hydrogen-bond donors (Lipinski definition) is 1. The quantitative estimate of drug-likeness (QED) is 0.907. The molecule has 1 amide bonds. The highest BCUT2D eigenvalue weighted by molar-refractivity contribution is 5.94. The van der Waals surface area contributed by atoms with Gasteiger partial charge in [0.25, 0.3) is 5.91 Å². The number of benzene rings is 1. The first-order valence-corrected chi connectivity index (χ1v) is 7.93. The van der Waals surface area contributed by atoms with Crippen LogP contribution in [0.25, 0.3) is 0 Å². The summed E-state index contributed by atoms with van der Waals surface area (Å²) in [5.74, 6) is 0.126. The highest BCUT2D eigenvalue weighted by Gasteiger charge is 2.32. The monoisotopic (exact) mass is 299 g/mol. The van der Waals surface area contributed by atoms with Crippen molar-refractivity contribution in [3.63, 3.8) is 0 Å². The van der Waals surface area contributed by atoms with E-state index in [0.29, 0.717) is 5.56 Å². The number of aliphatic hydroxyl groups is 1. The number of hydrogen-bond acceptors (Lipinski definition) is 2. The maximum Gasteiger partial charge on any atom is 0.253 e. The Morgan fingerprint density at radius 2 is 1.82 bits per heavy atom. The fraction of sp³-hybridized carbons (Fsp3) is 0.421. The van der Waals surface area contributed by atoms with E-state index in [1.54, 1.807) is 0 Å². The molecule has 2 atom stereocenters. The normalized spacial score (nSPS) is 23.5. The third-order valence-corrected chi connectivity index (χ3v) is 4.67. The van der Waals surface area contributed by atoms with Crippen LogP contribution in [0.3, 0.4) is 0 Å². The average molecular weight is 299 g/mol. The first-order chi connectivity index (χ1) is 10.6. The number of allylic oxidation sites excluding steroid dienone is 3. The molecule has 1 aromatic rings. The Morgan fingerprint density at radius 1 is 1.18 bits per heavy atom. The van der Waals surface area contributed by atoms with Gasteiger partial charge in [-0.25, -0.2) is 0 Å². The third-order valence-electron chi connectivity index (χ3n) is 4.67. The largest absolute Gasteiger partial charge is 0.396 e. The van der Waals surface area contributed by atoms with Gasteiger partial charge in [-0.2, -0.15) is 0 Å². The number of carbonyl (C=O) groups excluding carboxylic acids is 1. The number of aliphatic hydroxyl groups excluding tert-OH is 1. The molecular weight excluding hydrogens is 274 g/mol. The van der Waals surface area contributed by atoms with Crippen molar-refractivity contribution in [3.05, 3.63) is 59.7 Å². The second kappa shape index (κ2) is 6.93. The lowest BCUT2D eigenvalue weighted by Crippen LogP contribution is -2.33. The summed E-state index contributed by atoms with van der Waals surface area (Å²) >= 11 is 0. The van der Waals surface area contributed by atoms with Gasteiger partial charge < -0.3 is 10.0 Å². The Bertz CT molecular complexity index is 570. The SMILES string of the molecule is CCN(CC)C(=O)c1ccc(C2(C)C=CC=CC2CO)cc1. The molecule has 22 heavy (non-hydrogen) atoms. The summed E-state index contributed by atoms with van der Waals surface area (Å²) in [5.41, 5.74) is 1.59. The molecule has 1 aliphatic rings. The molecule has 3 heteroatoms. The third kappa shape index (κ3) is 3.00. The van der Waals surface area contributed by atoms with Crippen LogP contribution in [0, 0.1) is 5.92 Å². The second-order valence-electron chi connectivity index (χ2n) is 5.87. The highest BCUT2D eigenvalue weighted by atomic mass is 16.3. The highest BCUT2D eigenvalue weighted by Crippen LogP contribution is 2.36. The zero-order valence-electron chi connectivity index (χ0n) is 13.6. The molecule has 0 spiro atoms. The van der Waals surface area contributed by atoms with Crippen LogP contribution in [-0.2, 0) is 5.41 Å². The lowest BCUT2D eigenvalue weighted by atomic mass is 9.70. The number of rotatable bonds is 5. The molecule has 0 radical (unpaired) electrons. The molecule has 0 bridgehead atoms. The van der Waals surface area contributed by atoms with Gasteiger partial charge in [0.1, 0.15) is 0 Å². The molecule has 0 heterocycles. The van der Waals surface area contributed by atoms with Crippen molar-refractivity contribution in [2.45, 2.75) is 26.2 Å². The van der Waals surface area contributed by atoms with Crippen molar-refractivity contribution in [1.29, 1.82) is 0 Å². The Hall–Kier alpha value is -1.87. The van der Waals surface area contributed by atoms with Crippen molar-refractivity contribution >= 4 is 5.91 Å². The van der Waals surface area contributed by atoms with Crippen LogP contribution >= 0.6 is 0 Å². The summed E-state index contributed by atoms with van der Waals surface area (Å²) in [7, 11) is 0. The van der Waals surface area contributed by atoms with E-state index < -0.39 is 0 Å². The molecule has 0 aromatic heterocycles. The van der Waals surface area contributed by atoms with E-state index in [1.165, 1.54) is 0 Å². The molecule has 1 aliphatic carbocycles. The van der Waals surface area contributed by atoms with Gasteiger partial charge in [-0.15, -0.1) is 0 Å². The van der Waals surface area contributed by atoms with E-state index in [-0.39, 0.29) is 23.8 Å². The van der Waals surface area contributed by atoms with Crippen LogP contribution in [0.5, 0.6) is 0 Å². The summed E-state index contributed by atoms with van der Waals surface area (Å²) < 4.78 is 0. The molecule has 0 saturated heterocycles. The van der Waals surface area contributed by atoms with Gasteiger partial charge in [-0.3, -0.25) is 4.79 Å². The predicted molar refractivity (Wildman–Crippen MR) is 89.9 cm³/mol. The van der Waals surface area contributed by atoms with E-state index in [0.717, 1.165) is 18.7 Å². The van der Waals surface area contributed by atoms with Gasteiger partial charge in [0.15, 0.2) is 0 Å². The van der Waals surface area contributed by atoms with Crippen LogP contribution in [-0.4, -0.2) is 35.6 Å². The molecule has 1 N–H and O–H groups in total. The lowest BCUT2D eigenvalue weighted by molar-refractivity contribution is 0.0773. The standard InChI is InChI=1S/C19H25NO2/c1-4-20(5-2)18(22)15-9-11-16(12-10-15)19(3)13-7-6-8-17(19)14-21/h6-13,17,21H,4-5,14H2,1-3H3. The maximum atomic E-state index is 12.4. The van der Waals surface area contributed by atoms with Crippen LogP contribution in [0.1, 0.15) is 36.7 Å². The first kappa shape index (κ1) is 16.5. The second-order valence-corrected chi connectivity index (χ2v) is 5.87. The van der Waals surface area contributed by atoms with Crippen LogP contribution in [0.2, 0.25) is 0 Å². The maximum absolute atomic E-state index is 12.4. The van der Waals surface area contributed by atoms with E-state index in [1.807, 2.05) is 61.2 Å². The van der Waals surface area contributed by atoms with Gasteiger partial charge in [-0.1, -0.05) is 43.4 Å².